The molecule has 0 saturated carbocycles. The fourth-order valence-electron chi connectivity index (χ4n) is 3.69. The topological polar surface area (TPSA) is 58.6 Å². The maximum absolute atomic E-state index is 14.2. The Morgan fingerprint density at radius 3 is 2.53 bits per heavy atom. The first kappa shape index (κ1) is 19.6. The van der Waals surface area contributed by atoms with Gasteiger partial charge in [0.2, 0.25) is 5.91 Å². The van der Waals surface area contributed by atoms with Crippen LogP contribution in [-0.4, -0.2) is 29.9 Å². The van der Waals surface area contributed by atoms with E-state index in [2.05, 4.69) is 5.32 Å². The number of hydrogen-bond acceptors (Lipinski definition) is 3. The van der Waals surface area contributed by atoms with Crippen LogP contribution in [0.4, 0.5) is 10.1 Å². The fourth-order valence-corrected chi connectivity index (χ4v) is 3.69. The number of halogens is 1. The van der Waals surface area contributed by atoms with Gasteiger partial charge in [-0.15, -0.1) is 0 Å². The highest BCUT2D eigenvalue weighted by molar-refractivity contribution is 6.01. The van der Waals surface area contributed by atoms with Gasteiger partial charge in [0.05, 0.1) is 12.6 Å². The molecular weight excluding hydrogens is 383 g/mol. The highest BCUT2D eigenvalue weighted by Gasteiger charge is 2.34. The van der Waals surface area contributed by atoms with E-state index in [-0.39, 0.29) is 18.4 Å². The maximum atomic E-state index is 14.2. The summed E-state index contributed by atoms with van der Waals surface area (Å²) in [6.07, 6.45) is 0. The molecule has 30 heavy (non-hydrogen) atoms. The normalized spacial score (nSPS) is 15.7. The lowest BCUT2D eigenvalue weighted by atomic mass is 9.95. The van der Waals surface area contributed by atoms with Crippen LogP contribution in [0, 0.1) is 5.82 Å². The first-order chi connectivity index (χ1) is 14.6. The molecule has 2 amide bonds. The number of carbonyl (C=O) groups is 2. The number of amides is 2. The molecule has 3 aromatic carbocycles. The predicted octanol–water partition coefficient (Wildman–Crippen LogP) is 4.41. The summed E-state index contributed by atoms with van der Waals surface area (Å²) in [4.78, 5) is 27.5. The number of benzene rings is 3. The van der Waals surface area contributed by atoms with Crippen molar-refractivity contribution in [1.82, 2.24) is 4.90 Å². The van der Waals surface area contributed by atoms with E-state index < -0.39 is 11.9 Å². The minimum atomic E-state index is -0.616. The molecule has 1 aliphatic heterocycles. The first-order valence-corrected chi connectivity index (χ1v) is 9.75. The number of fused-ring (bicyclic) bond motifs is 1. The third kappa shape index (κ3) is 3.89. The van der Waals surface area contributed by atoms with Gasteiger partial charge in [0.1, 0.15) is 18.1 Å². The molecule has 6 heteroatoms. The van der Waals surface area contributed by atoms with Gasteiger partial charge in [-0.1, -0.05) is 30.3 Å². The van der Waals surface area contributed by atoms with Crippen molar-refractivity contribution < 1.29 is 18.7 Å². The number of nitrogens with one attached hydrogen (secondary N) is 1. The summed E-state index contributed by atoms with van der Waals surface area (Å²) in [7, 11) is 0. The molecule has 1 aliphatic rings. The number of hydrogen-bond donors (Lipinski definition) is 1. The first-order valence-electron chi connectivity index (χ1n) is 9.75. The van der Waals surface area contributed by atoms with Crippen LogP contribution in [0.3, 0.4) is 0 Å². The second-order valence-corrected chi connectivity index (χ2v) is 6.98. The third-order valence-corrected chi connectivity index (χ3v) is 5.00. The molecule has 0 bridgehead atoms. The minimum absolute atomic E-state index is 0.151. The van der Waals surface area contributed by atoms with E-state index in [1.54, 1.807) is 24.3 Å². The van der Waals surface area contributed by atoms with E-state index in [0.717, 1.165) is 5.56 Å². The van der Waals surface area contributed by atoms with Crippen molar-refractivity contribution in [3.8, 4) is 5.75 Å². The zero-order valence-corrected chi connectivity index (χ0v) is 16.5. The quantitative estimate of drug-likeness (QED) is 0.701. The van der Waals surface area contributed by atoms with Crippen LogP contribution >= 0.6 is 0 Å². The Balaban J connectivity index is 1.81. The van der Waals surface area contributed by atoms with Gasteiger partial charge in [-0.05, 0) is 55.0 Å². The smallest absolute Gasteiger partial charge is 0.255 e. The van der Waals surface area contributed by atoms with Gasteiger partial charge in [0.15, 0.2) is 0 Å². The van der Waals surface area contributed by atoms with Gasteiger partial charge >= 0.3 is 0 Å². The van der Waals surface area contributed by atoms with Gasteiger partial charge in [-0.2, -0.15) is 0 Å². The predicted molar refractivity (Wildman–Crippen MR) is 112 cm³/mol. The van der Waals surface area contributed by atoms with Gasteiger partial charge in [0, 0.05) is 16.8 Å². The average Bonchev–Trinajstić information content (AvgIpc) is 2.90. The molecule has 0 unspecified atom stereocenters. The summed E-state index contributed by atoms with van der Waals surface area (Å²) >= 11 is 0. The average molecular weight is 404 g/mol. The molecule has 152 valence electrons. The molecule has 5 nitrogen and oxygen atoms in total. The lowest BCUT2D eigenvalue weighted by molar-refractivity contribution is -0.117. The van der Waals surface area contributed by atoms with Gasteiger partial charge in [0.25, 0.3) is 5.91 Å². The Morgan fingerprint density at radius 2 is 1.83 bits per heavy atom. The second kappa shape index (κ2) is 8.37. The number of carbonyl (C=O) groups excluding carboxylic acids is 2. The zero-order valence-electron chi connectivity index (χ0n) is 16.5. The van der Waals surface area contributed by atoms with Crippen molar-refractivity contribution >= 4 is 17.5 Å². The lowest BCUT2D eigenvalue weighted by Gasteiger charge is -2.30. The molecule has 1 N–H and O–H groups in total. The molecular formula is C24H21FN2O3. The van der Waals surface area contributed by atoms with E-state index in [4.69, 9.17) is 4.74 Å². The van der Waals surface area contributed by atoms with E-state index in [1.165, 1.54) is 23.1 Å². The minimum Gasteiger partial charge on any atom is -0.494 e. The Labute approximate surface area is 174 Å². The Kier molecular flexibility index (Phi) is 5.48. The Bertz CT molecular complexity index is 1070. The van der Waals surface area contributed by atoms with Crippen LogP contribution in [0.5, 0.6) is 5.75 Å². The molecule has 0 fully saturated rings. The van der Waals surface area contributed by atoms with Crippen molar-refractivity contribution in [3.63, 3.8) is 0 Å². The summed E-state index contributed by atoms with van der Waals surface area (Å²) in [5, 5.41) is 2.79. The third-order valence-electron chi connectivity index (χ3n) is 5.00. The largest absolute Gasteiger partial charge is 0.494 e. The number of ether oxygens (including phenoxy) is 1. The van der Waals surface area contributed by atoms with Crippen molar-refractivity contribution in [1.29, 1.82) is 0 Å². The van der Waals surface area contributed by atoms with Crippen molar-refractivity contribution in [2.45, 2.75) is 13.0 Å². The zero-order chi connectivity index (χ0) is 21.1. The SMILES string of the molecule is CCOc1ccc(C(=O)N2CC(=O)Nc3ccc(F)cc3[C@H]2c2ccccc2)cc1. The Morgan fingerprint density at radius 1 is 1.10 bits per heavy atom. The van der Waals surface area contributed by atoms with Crippen LogP contribution in [0.15, 0.2) is 72.8 Å². The number of anilines is 1. The van der Waals surface area contributed by atoms with E-state index in [9.17, 15) is 14.0 Å². The molecule has 0 spiro atoms. The molecule has 0 aromatic heterocycles. The van der Waals surface area contributed by atoms with Crippen molar-refractivity contribution in [3.05, 3.63) is 95.3 Å². The summed E-state index contributed by atoms with van der Waals surface area (Å²) < 4.78 is 19.6. The van der Waals surface area contributed by atoms with Crippen molar-refractivity contribution in [2.75, 3.05) is 18.5 Å². The molecule has 0 aliphatic carbocycles. The molecule has 1 heterocycles. The van der Waals surface area contributed by atoms with Crippen LogP contribution in [0.1, 0.15) is 34.5 Å². The van der Waals surface area contributed by atoms with Crippen molar-refractivity contribution in [2.24, 2.45) is 0 Å². The summed E-state index contributed by atoms with van der Waals surface area (Å²) in [6, 6.07) is 19.7. The second-order valence-electron chi connectivity index (χ2n) is 6.98. The summed E-state index contributed by atoms with van der Waals surface area (Å²) in [5.74, 6) is -0.422. The Hall–Kier alpha value is -3.67. The molecule has 0 saturated heterocycles. The van der Waals surface area contributed by atoms with E-state index in [1.807, 2.05) is 37.3 Å². The van der Waals surface area contributed by atoms with E-state index in [0.29, 0.717) is 29.2 Å². The maximum Gasteiger partial charge on any atom is 0.255 e. The van der Waals surface area contributed by atoms with Gasteiger partial charge in [-0.25, -0.2) is 4.39 Å². The summed E-state index contributed by atoms with van der Waals surface area (Å²) in [6.45, 7) is 2.26. The number of rotatable bonds is 4. The lowest BCUT2D eigenvalue weighted by Crippen LogP contribution is -2.39. The summed E-state index contributed by atoms with van der Waals surface area (Å²) in [5.41, 5.74) is 2.25. The van der Waals surface area contributed by atoms with Gasteiger partial charge < -0.3 is 15.0 Å². The number of nitrogens with zero attached hydrogens (tertiary/aromatic N) is 1. The molecule has 1 atom stereocenters. The highest BCUT2D eigenvalue weighted by atomic mass is 19.1. The standard InChI is InChI=1S/C24H21FN2O3/c1-2-30-19-11-8-17(9-12-19)24(29)27-15-22(28)26-21-13-10-18(25)14-20(21)23(27)16-6-4-3-5-7-16/h3-14,23H,2,15H2,1H3,(H,26,28)/t23-/m1/s1. The molecule has 3 aromatic rings. The monoisotopic (exact) mass is 404 g/mol. The molecule has 4 rings (SSSR count). The highest BCUT2D eigenvalue weighted by Crippen LogP contribution is 2.37. The molecule has 0 radical (unpaired) electrons. The fraction of sp³-hybridized carbons (Fsp3) is 0.167. The van der Waals surface area contributed by atoms with Crippen LogP contribution in [0.25, 0.3) is 0 Å². The van der Waals surface area contributed by atoms with Crippen LogP contribution in [0.2, 0.25) is 0 Å². The van der Waals surface area contributed by atoms with Crippen LogP contribution in [-0.2, 0) is 4.79 Å². The van der Waals surface area contributed by atoms with E-state index >= 15 is 0 Å². The van der Waals surface area contributed by atoms with Gasteiger partial charge in [-0.3, -0.25) is 9.59 Å². The van der Waals surface area contributed by atoms with Crippen LogP contribution < -0.4 is 10.1 Å².